The fraction of sp³-hybridized carbons (Fsp3) is 0.0263. The Morgan fingerprint density at radius 3 is 1.01 bits per heavy atom. The zero-order chi connectivity index (χ0) is 53.8. The van der Waals surface area contributed by atoms with Gasteiger partial charge in [-0.05, 0) is 80.9 Å². The van der Waals surface area contributed by atoms with Crippen molar-refractivity contribution in [2.45, 2.75) is 11.8 Å². The zero-order valence-corrected chi connectivity index (χ0v) is 44.2. The molecule has 0 saturated heterocycles. The van der Waals surface area contributed by atoms with Gasteiger partial charge in [0.2, 0.25) is 0 Å². The molecule has 0 saturated carbocycles. The molecule has 18 rings (SSSR count). The summed E-state index contributed by atoms with van der Waals surface area (Å²) in [7, 11) is 0. The van der Waals surface area contributed by atoms with Gasteiger partial charge in [0.25, 0.3) is 0 Å². The van der Waals surface area contributed by atoms with Gasteiger partial charge in [0.15, 0.2) is 11.6 Å². The van der Waals surface area contributed by atoms with E-state index in [-0.39, 0.29) is 11.8 Å². The third kappa shape index (κ3) is 7.42. The molecule has 2 bridgehead atoms. The van der Waals surface area contributed by atoms with Crippen molar-refractivity contribution in [3.8, 4) is 90.1 Å². The van der Waals surface area contributed by atoms with Crippen LogP contribution in [-0.2, 0) is 0 Å². The van der Waals surface area contributed by atoms with E-state index in [2.05, 4.69) is 206 Å². The van der Waals surface area contributed by atoms with Crippen molar-refractivity contribution in [3.05, 3.63) is 300 Å². The molecule has 0 aliphatic heterocycles. The number of hydrogen-bond acceptors (Lipinski definition) is 6. The lowest BCUT2D eigenvalue weighted by molar-refractivity contribution is 0.669. The number of rotatable bonds is 8. The van der Waals surface area contributed by atoms with Crippen molar-refractivity contribution in [1.29, 1.82) is 0 Å². The molecule has 6 heteroatoms. The van der Waals surface area contributed by atoms with E-state index >= 15 is 0 Å². The Bertz CT molecular complexity index is 4720. The average molecular weight is 1050 g/mol. The Balaban J connectivity index is 0.740. The van der Waals surface area contributed by atoms with Crippen LogP contribution in [0.25, 0.3) is 134 Å². The first kappa shape index (κ1) is 46.1. The minimum atomic E-state index is 0.0311. The van der Waals surface area contributed by atoms with Gasteiger partial charge in [0.1, 0.15) is 22.3 Å². The number of para-hydroxylation sites is 4. The molecule has 4 aromatic heterocycles. The molecule has 3 aliphatic rings. The second-order valence-corrected chi connectivity index (χ2v) is 21.6. The lowest BCUT2D eigenvalue weighted by Crippen LogP contribution is -2.27. The Morgan fingerprint density at radius 1 is 0.232 bits per heavy atom. The summed E-state index contributed by atoms with van der Waals surface area (Å²) >= 11 is 0. The van der Waals surface area contributed by atoms with Crippen molar-refractivity contribution < 1.29 is 8.83 Å². The molecule has 0 radical (unpaired) electrons. The van der Waals surface area contributed by atoms with E-state index in [1.807, 2.05) is 60.7 Å². The molecule has 15 aromatic rings. The minimum absolute atomic E-state index is 0.0311. The van der Waals surface area contributed by atoms with Crippen LogP contribution in [0.3, 0.4) is 0 Å². The monoisotopic (exact) mass is 1050 g/mol. The number of fused-ring (bicyclic) bond motifs is 6. The first-order valence-corrected chi connectivity index (χ1v) is 27.9. The third-order valence-electron chi connectivity index (χ3n) is 16.9. The SMILES string of the molecule is c1ccc(-c2nc(-c3ccc(-c4cccc5c4oc4ccccc45)cc3)cc(-c3ccc4c(c3)C3c5ccccc5C4c4cc(-c5cc(-c6ccc(-c7cccc8c7oc7ccccc78)cc6)nc(-c6ccccc6)n5)ccc43)n2)cc1. The Morgan fingerprint density at radius 2 is 0.573 bits per heavy atom. The minimum Gasteiger partial charge on any atom is -0.455 e. The van der Waals surface area contributed by atoms with Crippen LogP contribution in [0.4, 0.5) is 0 Å². The van der Waals surface area contributed by atoms with E-state index in [0.717, 1.165) is 122 Å². The molecule has 2 atom stereocenters. The summed E-state index contributed by atoms with van der Waals surface area (Å²) in [6.45, 7) is 0. The Kier molecular flexibility index (Phi) is 10.3. The van der Waals surface area contributed by atoms with Crippen molar-refractivity contribution in [3.63, 3.8) is 0 Å². The summed E-state index contributed by atoms with van der Waals surface area (Å²) in [5.41, 5.74) is 25.3. The summed E-state index contributed by atoms with van der Waals surface area (Å²) < 4.78 is 12.9. The van der Waals surface area contributed by atoms with Gasteiger partial charge in [0.05, 0.1) is 22.8 Å². The smallest absolute Gasteiger partial charge is 0.160 e. The van der Waals surface area contributed by atoms with Gasteiger partial charge in [-0.15, -0.1) is 0 Å². The first-order chi connectivity index (χ1) is 40.6. The van der Waals surface area contributed by atoms with E-state index < -0.39 is 0 Å². The predicted molar refractivity (Wildman–Crippen MR) is 330 cm³/mol. The highest BCUT2D eigenvalue weighted by Gasteiger charge is 2.41. The molecule has 0 amide bonds. The Hall–Kier alpha value is -10.8. The van der Waals surface area contributed by atoms with Crippen LogP contribution < -0.4 is 0 Å². The zero-order valence-electron chi connectivity index (χ0n) is 44.2. The molecule has 382 valence electrons. The molecule has 82 heavy (non-hydrogen) atoms. The topological polar surface area (TPSA) is 77.8 Å². The van der Waals surface area contributed by atoms with Gasteiger partial charge < -0.3 is 8.83 Å². The van der Waals surface area contributed by atoms with E-state index in [1.165, 1.54) is 33.4 Å². The van der Waals surface area contributed by atoms with E-state index in [4.69, 9.17) is 28.8 Å². The summed E-state index contributed by atoms with van der Waals surface area (Å²) in [5.74, 6) is 1.43. The van der Waals surface area contributed by atoms with E-state index in [9.17, 15) is 0 Å². The highest BCUT2D eigenvalue weighted by Crippen LogP contribution is 2.57. The molecule has 4 heterocycles. The lowest BCUT2D eigenvalue weighted by atomic mass is 9.60. The second kappa shape index (κ2) is 18.4. The molecular formula is C76H46N4O2. The maximum Gasteiger partial charge on any atom is 0.160 e. The van der Waals surface area contributed by atoms with Crippen LogP contribution in [0, 0.1) is 0 Å². The van der Waals surface area contributed by atoms with Crippen LogP contribution in [0.1, 0.15) is 45.2 Å². The summed E-state index contributed by atoms with van der Waals surface area (Å²) in [6.07, 6.45) is 0. The molecule has 0 fully saturated rings. The highest BCUT2D eigenvalue weighted by molar-refractivity contribution is 6.10. The number of aromatic nitrogens is 4. The number of furan rings is 2. The largest absolute Gasteiger partial charge is 0.455 e. The first-order valence-electron chi connectivity index (χ1n) is 27.9. The molecule has 2 unspecified atom stereocenters. The predicted octanol–water partition coefficient (Wildman–Crippen LogP) is 19.4. The standard InChI is InChI=1S/C76H46N4O2/c1-3-15-49(16-4-1)75-77-65(47-33-29-45(30-34-47)53-23-13-25-61-55-19-9-11-27-69(55)81-73(53)61)43-67(79-75)51-37-39-59-63(41-51)71-57-21-7-8-22-58(57)72(59)64-42-52(38-40-60(64)71)68-44-66(78-76(80-68)50-17-5-2-6-18-50)48-35-31-46(32-36-48)54-24-14-26-62-56-20-10-12-28-70(56)82-74(54)62/h1-44,71-72H. The molecule has 0 spiro atoms. The molecule has 11 aromatic carbocycles. The third-order valence-corrected chi connectivity index (χ3v) is 16.9. The normalized spacial score (nSPS) is 14.1. The number of nitrogens with zero attached hydrogens (tertiary/aromatic N) is 4. The molecule has 0 N–H and O–H groups in total. The number of hydrogen-bond donors (Lipinski definition) is 0. The van der Waals surface area contributed by atoms with Crippen LogP contribution >= 0.6 is 0 Å². The quantitative estimate of drug-likeness (QED) is 0.151. The molecular weight excluding hydrogens is 1000 g/mol. The van der Waals surface area contributed by atoms with Crippen LogP contribution in [0.5, 0.6) is 0 Å². The van der Waals surface area contributed by atoms with Crippen molar-refractivity contribution in [1.82, 2.24) is 19.9 Å². The van der Waals surface area contributed by atoms with Crippen LogP contribution in [0.15, 0.2) is 276 Å². The molecule has 3 aliphatic carbocycles. The van der Waals surface area contributed by atoms with Crippen molar-refractivity contribution >= 4 is 43.9 Å². The van der Waals surface area contributed by atoms with Gasteiger partial charge in [-0.2, -0.15) is 0 Å². The fourth-order valence-electron chi connectivity index (χ4n) is 13.0. The molecule has 6 nitrogen and oxygen atoms in total. The van der Waals surface area contributed by atoms with Crippen molar-refractivity contribution in [2.75, 3.05) is 0 Å². The van der Waals surface area contributed by atoms with Gasteiger partial charge in [0, 0.05) is 77.9 Å². The summed E-state index contributed by atoms with van der Waals surface area (Å²) in [5, 5.41) is 4.47. The summed E-state index contributed by atoms with van der Waals surface area (Å²) in [6, 6.07) is 94.5. The highest BCUT2D eigenvalue weighted by atomic mass is 16.3. The fourth-order valence-corrected chi connectivity index (χ4v) is 13.0. The van der Waals surface area contributed by atoms with Gasteiger partial charge >= 0.3 is 0 Å². The summed E-state index contributed by atoms with van der Waals surface area (Å²) in [4.78, 5) is 21.1. The van der Waals surface area contributed by atoms with E-state index in [0.29, 0.717) is 11.6 Å². The number of benzene rings is 11. The Labute approximate surface area is 472 Å². The van der Waals surface area contributed by atoms with E-state index in [1.54, 1.807) is 0 Å². The second-order valence-electron chi connectivity index (χ2n) is 21.6. The average Bonchev–Trinajstić information content (AvgIpc) is 1.41. The van der Waals surface area contributed by atoms with Crippen LogP contribution in [-0.4, -0.2) is 19.9 Å². The van der Waals surface area contributed by atoms with Crippen molar-refractivity contribution in [2.24, 2.45) is 0 Å². The van der Waals surface area contributed by atoms with Gasteiger partial charge in [-0.3, -0.25) is 0 Å². The lowest BCUT2D eigenvalue weighted by Gasteiger charge is -2.42. The van der Waals surface area contributed by atoms with Gasteiger partial charge in [-0.1, -0.05) is 231 Å². The maximum atomic E-state index is 6.44. The maximum absolute atomic E-state index is 6.44. The van der Waals surface area contributed by atoms with Gasteiger partial charge in [-0.25, -0.2) is 19.9 Å². The van der Waals surface area contributed by atoms with Crippen LogP contribution in [0.2, 0.25) is 0 Å².